The van der Waals surface area contributed by atoms with E-state index < -0.39 is 0 Å². The van der Waals surface area contributed by atoms with E-state index >= 15 is 0 Å². The second-order valence-electron chi connectivity index (χ2n) is 6.78. The first-order valence-corrected chi connectivity index (χ1v) is 9.92. The number of benzene rings is 3. The number of rotatable bonds is 4. The molecule has 0 aliphatic heterocycles. The summed E-state index contributed by atoms with van der Waals surface area (Å²) in [5.41, 5.74) is 2.84. The summed E-state index contributed by atoms with van der Waals surface area (Å²) in [7, 11) is 0. The Morgan fingerprint density at radius 2 is 1.79 bits per heavy atom. The molecule has 1 heterocycles. The van der Waals surface area contributed by atoms with Crippen LogP contribution in [-0.2, 0) is 11.3 Å². The van der Waals surface area contributed by atoms with Gasteiger partial charge in [-0.3, -0.25) is 9.59 Å². The van der Waals surface area contributed by atoms with Gasteiger partial charge in [0.05, 0.1) is 5.69 Å². The number of aryl methyl sites for hydroxylation is 1. The maximum Gasteiger partial charge on any atom is 0.267 e. The van der Waals surface area contributed by atoms with Gasteiger partial charge >= 0.3 is 0 Å². The van der Waals surface area contributed by atoms with Crippen LogP contribution < -0.4 is 10.9 Å². The fraction of sp³-hybridized carbons (Fsp3) is 0.0870. The molecule has 144 valence electrons. The van der Waals surface area contributed by atoms with Gasteiger partial charge in [0.15, 0.2) is 0 Å². The smallest absolute Gasteiger partial charge is 0.267 e. The van der Waals surface area contributed by atoms with Crippen molar-refractivity contribution < 1.29 is 4.79 Å². The summed E-state index contributed by atoms with van der Waals surface area (Å²) in [5, 5.41) is 9.46. The van der Waals surface area contributed by atoms with Crippen molar-refractivity contribution in [3.63, 3.8) is 0 Å². The average Bonchev–Trinajstić information content (AvgIpc) is 2.71. The molecular weight excluding hydrogens is 430 g/mol. The van der Waals surface area contributed by atoms with E-state index in [1.807, 2.05) is 67.6 Å². The number of anilines is 1. The molecule has 5 nitrogen and oxygen atoms in total. The van der Waals surface area contributed by atoms with Gasteiger partial charge in [-0.25, -0.2) is 4.68 Å². The van der Waals surface area contributed by atoms with Crippen LogP contribution >= 0.6 is 15.9 Å². The molecule has 4 aromatic rings. The molecule has 4 rings (SSSR count). The molecule has 1 N–H and O–H groups in total. The molecule has 0 spiro atoms. The van der Waals surface area contributed by atoms with E-state index in [2.05, 4.69) is 26.3 Å². The number of fused-ring (bicyclic) bond motifs is 1. The van der Waals surface area contributed by atoms with E-state index in [1.54, 1.807) is 6.07 Å². The lowest BCUT2D eigenvalue weighted by Crippen LogP contribution is -2.29. The van der Waals surface area contributed by atoms with Crippen molar-refractivity contribution in [3.05, 3.63) is 93.2 Å². The molecule has 0 bridgehead atoms. The zero-order chi connectivity index (χ0) is 20.4. The van der Waals surface area contributed by atoms with Crippen molar-refractivity contribution in [1.29, 1.82) is 0 Å². The topological polar surface area (TPSA) is 64.0 Å². The van der Waals surface area contributed by atoms with Gasteiger partial charge in [-0.15, -0.1) is 0 Å². The molecule has 3 aromatic carbocycles. The van der Waals surface area contributed by atoms with Crippen LogP contribution in [0.5, 0.6) is 0 Å². The average molecular weight is 448 g/mol. The third-order valence-corrected chi connectivity index (χ3v) is 5.16. The Balaban J connectivity index is 1.59. The zero-order valence-electron chi connectivity index (χ0n) is 15.7. The number of halogens is 1. The first-order chi connectivity index (χ1) is 14.0. The third-order valence-electron chi connectivity index (χ3n) is 4.67. The highest BCUT2D eigenvalue weighted by Gasteiger charge is 2.10. The predicted octanol–water partition coefficient (Wildman–Crippen LogP) is 4.77. The lowest BCUT2D eigenvalue weighted by molar-refractivity contribution is -0.117. The Bertz CT molecular complexity index is 1280. The van der Waals surface area contributed by atoms with Gasteiger partial charge in [0.2, 0.25) is 5.91 Å². The molecule has 0 unspecified atom stereocenters. The lowest BCUT2D eigenvalue weighted by Gasteiger charge is -2.10. The molecule has 0 aliphatic rings. The fourth-order valence-corrected chi connectivity index (χ4v) is 3.63. The van der Waals surface area contributed by atoms with Gasteiger partial charge in [0, 0.05) is 21.8 Å². The molecule has 1 amide bonds. The summed E-state index contributed by atoms with van der Waals surface area (Å²) in [5.74, 6) is -0.305. The number of nitrogens with zero attached hydrogens (tertiary/aromatic N) is 2. The highest BCUT2D eigenvalue weighted by Crippen LogP contribution is 2.22. The fourth-order valence-electron chi connectivity index (χ4n) is 3.16. The SMILES string of the molecule is Cc1cc(Br)ccc1NC(=O)Cn1nc(-c2ccc3ccccc3c2)ccc1=O. The second kappa shape index (κ2) is 8.01. The third kappa shape index (κ3) is 4.27. The monoisotopic (exact) mass is 447 g/mol. The number of nitrogens with one attached hydrogen (secondary N) is 1. The Morgan fingerprint density at radius 1 is 1.00 bits per heavy atom. The summed E-state index contributed by atoms with van der Waals surface area (Å²) in [6, 6.07) is 22.8. The second-order valence-corrected chi connectivity index (χ2v) is 7.70. The maximum atomic E-state index is 12.5. The largest absolute Gasteiger partial charge is 0.324 e. The Hall–Kier alpha value is -3.25. The summed E-state index contributed by atoms with van der Waals surface area (Å²) in [6.07, 6.45) is 0. The number of amides is 1. The van der Waals surface area contributed by atoms with Gasteiger partial charge in [0.1, 0.15) is 6.54 Å². The van der Waals surface area contributed by atoms with E-state index in [9.17, 15) is 9.59 Å². The minimum atomic E-state index is -0.322. The molecular formula is C23H18BrN3O2. The zero-order valence-corrected chi connectivity index (χ0v) is 17.3. The Kier molecular flexibility index (Phi) is 5.27. The maximum absolute atomic E-state index is 12.5. The van der Waals surface area contributed by atoms with Crippen LogP contribution in [0.1, 0.15) is 5.56 Å². The minimum Gasteiger partial charge on any atom is -0.324 e. The summed E-state index contributed by atoms with van der Waals surface area (Å²) >= 11 is 3.40. The normalized spacial score (nSPS) is 10.8. The first kappa shape index (κ1) is 19.1. The number of hydrogen-bond donors (Lipinski definition) is 1. The van der Waals surface area contributed by atoms with E-state index in [-0.39, 0.29) is 18.0 Å². The van der Waals surface area contributed by atoms with Crippen molar-refractivity contribution in [2.45, 2.75) is 13.5 Å². The lowest BCUT2D eigenvalue weighted by atomic mass is 10.1. The van der Waals surface area contributed by atoms with Crippen molar-refractivity contribution in [2.24, 2.45) is 0 Å². The van der Waals surface area contributed by atoms with Crippen LogP contribution in [0.25, 0.3) is 22.0 Å². The molecule has 29 heavy (non-hydrogen) atoms. The summed E-state index contributed by atoms with van der Waals surface area (Å²) < 4.78 is 2.13. The van der Waals surface area contributed by atoms with Crippen molar-refractivity contribution in [3.8, 4) is 11.3 Å². The molecule has 0 aliphatic carbocycles. The highest BCUT2D eigenvalue weighted by atomic mass is 79.9. The van der Waals surface area contributed by atoms with Crippen LogP contribution in [-0.4, -0.2) is 15.7 Å². The number of aromatic nitrogens is 2. The Morgan fingerprint density at radius 3 is 2.59 bits per heavy atom. The highest BCUT2D eigenvalue weighted by molar-refractivity contribution is 9.10. The van der Waals surface area contributed by atoms with Crippen LogP contribution in [0.3, 0.4) is 0 Å². The van der Waals surface area contributed by atoms with Crippen molar-refractivity contribution in [1.82, 2.24) is 9.78 Å². The van der Waals surface area contributed by atoms with Crippen LogP contribution in [0.15, 0.2) is 82.1 Å². The molecule has 0 atom stereocenters. The molecule has 1 aromatic heterocycles. The van der Waals surface area contributed by atoms with Gasteiger partial charge in [-0.1, -0.05) is 52.3 Å². The van der Waals surface area contributed by atoms with Crippen LogP contribution in [0.4, 0.5) is 5.69 Å². The van der Waals surface area contributed by atoms with E-state index in [4.69, 9.17) is 0 Å². The van der Waals surface area contributed by atoms with Gasteiger partial charge < -0.3 is 5.32 Å². The van der Waals surface area contributed by atoms with E-state index in [1.165, 1.54) is 10.7 Å². The quantitative estimate of drug-likeness (QED) is 0.489. The van der Waals surface area contributed by atoms with E-state index in [0.717, 1.165) is 26.4 Å². The Labute approximate surface area is 176 Å². The first-order valence-electron chi connectivity index (χ1n) is 9.13. The molecule has 6 heteroatoms. The summed E-state index contributed by atoms with van der Waals surface area (Å²) in [6.45, 7) is 1.75. The van der Waals surface area contributed by atoms with Gasteiger partial charge in [-0.05, 0) is 53.6 Å². The molecule has 0 saturated carbocycles. The number of carbonyl (C=O) groups is 1. The van der Waals surface area contributed by atoms with Gasteiger partial charge in [-0.2, -0.15) is 5.10 Å². The predicted molar refractivity (Wildman–Crippen MR) is 119 cm³/mol. The molecule has 0 saturated heterocycles. The van der Waals surface area contributed by atoms with E-state index in [0.29, 0.717) is 11.4 Å². The minimum absolute atomic E-state index is 0.157. The molecule has 0 fully saturated rings. The number of carbonyl (C=O) groups excluding carboxylic acids is 1. The van der Waals surface area contributed by atoms with Crippen LogP contribution in [0, 0.1) is 6.92 Å². The van der Waals surface area contributed by atoms with Crippen LogP contribution in [0.2, 0.25) is 0 Å². The summed E-state index contributed by atoms with van der Waals surface area (Å²) in [4.78, 5) is 24.7. The van der Waals surface area contributed by atoms with Crippen molar-refractivity contribution in [2.75, 3.05) is 5.32 Å². The standard InChI is InChI=1S/C23H18BrN3O2/c1-15-12-19(24)8-9-20(15)25-22(28)14-27-23(29)11-10-21(26-27)18-7-6-16-4-2-3-5-17(16)13-18/h2-13H,14H2,1H3,(H,25,28). The molecule has 0 radical (unpaired) electrons. The van der Waals surface area contributed by atoms with Gasteiger partial charge in [0.25, 0.3) is 5.56 Å². The van der Waals surface area contributed by atoms with Crippen molar-refractivity contribution >= 4 is 38.3 Å². The number of hydrogen-bond acceptors (Lipinski definition) is 3.